The number of carbonyl (C=O) groups is 2. The van der Waals surface area contributed by atoms with E-state index in [-0.39, 0.29) is 23.7 Å². The summed E-state index contributed by atoms with van der Waals surface area (Å²) >= 11 is 0.832. The number of non-ortho nitro benzene ring substituents is 1. The number of benzene rings is 3. The van der Waals surface area contributed by atoms with Gasteiger partial charge in [0, 0.05) is 17.7 Å². The Hall–Kier alpha value is -4.88. The normalized spacial score (nSPS) is 13.8. The lowest BCUT2D eigenvalue weighted by Crippen LogP contribution is -2.27. The van der Waals surface area contributed by atoms with Crippen molar-refractivity contribution in [3.63, 3.8) is 0 Å². The van der Waals surface area contributed by atoms with Crippen LogP contribution in [0.5, 0.6) is 11.5 Å². The number of rotatable bonds is 10. The summed E-state index contributed by atoms with van der Waals surface area (Å²) in [4.78, 5) is 37.6. The van der Waals surface area contributed by atoms with Crippen molar-refractivity contribution in [3.05, 3.63) is 116 Å². The Balaban J connectivity index is 1.58. The van der Waals surface area contributed by atoms with E-state index in [4.69, 9.17) is 9.47 Å². The highest BCUT2D eigenvalue weighted by atomic mass is 32.2. The first kappa shape index (κ1) is 27.2. The number of allylic oxidation sites excluding steroid dienone is 1. The van der Waals surface area contributed by atoms with Gasteiger partial charge < -0.3 is 9.47 Å². The molecule has 10 heteroatoms. The van der Waals surface area contributed by atoms with Gasteiger partial charge in [-0.05, 0) is 71.3 Å². The van der Waals surface area contributed by atoms with Crippen molar-refractivity contribution in [2.75, 3.05) is 7.11 Å². The van der Waals surface area contributed by atoms with Gasteiger partial charge >= 0.3 is 0 Å². The largest absolute Gasteiger partial charge is 0.493 e. The van der Waals surface area contributed by atoms with Gasteiger partial charge in [-0.15, -0.1) is 6.58 Å². The summed E-state index contributed by atoms with van der Waals surface area (Å²) in [6.07, 6.45) is 3.77. The lowest BCUT2D eigenvalue weighted by molar-refractivity contribution is -0.384. The number of ether oxygens (including phenoxy) is 2. The molecule has 0 aliphatic carbocycles. The molecule has 1 heterocycles. The van der Waals surface area contributed by atoms with Gasteiger partial charge in [0.2, 0.25) is 0 Å². The van der Waals surface area contributed by atoms with Crippen LogP contribution in [0, 0.1) is 21.4 Å². The monoisotopic (exact) mass is 541 g/mol. The van der Waals surface area contributed by atoms with Gasteiger partial charge in [-0.1, -0.05) is 24.3 Å². The van der Waals surface area contributed by atoms with Crippen LogP contribution in [-0.2, 0) is 24.4 Å². The summed E-state index contributed by atoms with van der Waals surface area (Å²) < 4.78 is 11.6. The SMILES string of the molecule is C=CCc1cc(/C=C2/SC(=O)N(Cc3ccccc3C#N)C2=O)cc(OC)c1OCc1ccc([N+](=O)[O-])cc1. The molecule has 9 nitrogen and oxygen atoms in total. The fraction of sp³-hybridized carbons (Fsp3) is 0.138. The zero-order valence-electron chi connectivity index (χ0n) is 21.0. The number of imide groups is 1. The average molecular weight is 542 g/mol. The van der Waals surface area contributed by atoms with Gasteiger partial charge in [-0.25, -0.2) is 0 Å². The summed E-state index contributed by atoms with van der Waals surface area (Å²) in [6, 6.07) is 18.5. The van der Waals surface area contributed by atoms with Gasteiger partial charge in [-0.2, -0.15) is 5.26 Å². The molecule has 0 saturated carbocycles. The van der Waals surface area contributed by atoms with Crippen molar-refractivity contribution in [1.82, 2.24) is 4.90 Å². The molecule has 2 amide bonds. The lowest BCUT2D eigenvalue weighted by atomic mass is 10.0. The molecule has 0 aromatic heterocycles. The fourth-order valence-corrected chi connectivity index (χ4v) is 4.82. The number of hydrogen-bond donors (Lipinski definition) is 0. The van der Waals surface area contributed by atoms with Crippen molar-refractivity contribution < 1.29 is 24.0 Å². The second-order valence-electron chi connectivity index (χ2n) is 8.45. The highest BCUT2D eigenvalue weighted by Gasteiger charge is 2.35. The van der Waals surface area contributed by atoms with Crippen molar-refractivity contribution in [2.24, 2.45) is 0 Å². The third-order valence-corrected chi connectivity index (χ3v) is 6.81. The molecule has 0 N–H and O–H groups in total. The first-order valence-electron chi connectivity index (χ1n) is 11.8. The minimum Gasteiger partial charge on any atom is -0.493 e. The van der Waals surface area contributed by atoms with Crippen LogP contribution in [0.2, 0.25) is 0 Å². The zero-order valence-corrected chi connectivity index (χ0v) is 21.8. The molecule has 39 heavy (non-hydrogen) atoms. The summed E-state index contributed by atoms with van der Waals surface area (Å²) in [6.45, 7) is 3.97. The Bertz CT molecular complexity index is 1520. The van der Waals surface area contributed by atoms with Crippen LogP contribution in [0.4, 0.5) is 10.5 Å². The Morgan fingerprint density at radius 3 is 2.54 bits per heavy atom. The average Bonchev–Trinajstić information content (AvgIpc) is 3.20. The van der Waals surface area contributed by atoms with E-state index >= 15 is 0 Å². The highest BCUT2D eigenvalue weighted by molar-refractivity contribution is 8.18. The molecule has 0 bridgehead atoms. The quantitative estimate of drug-likeness (QED) is 0.132. The molecule has 1 aliphatic heterocycles. The third kappa shape index (κ3) is 6.17. The molecule has 0 atom stereocenters. The van der Waals surface area contributed by atoms with Crippen LogP contribution in [0.1, 0.15) is 27.8 Å². The molecular weight excluding hydrogens is 518 g/mol. The van der Waals surface area contributed by atoms with E-state index in [2.05, 4.69) is 12.6 Å². The predicted molar refractivity (Wildman–Crippen MR) is 147 cm³/mol. The maximum absolute atomic E-state index is 13.1. The first-order chi connectivity index (χ1) is 18.8. The van der Waals surface area contributed by atoms with Crippen molar-refractivity contribution in [1.29, 1.82) is 5.26 Å². The van der Waals surface area contributed by atoms with E-state index in [0.29, 0.717) is 34.6 Å². The van der Waals surface area contributed by atoms with E-state index < -0.39 is 16.1 Å². The number of nitro groups is 1. The number of methoxy groups -OCH3 is 1. The topological polar surface area (TPSA) is 123 Å². The number of nitro benzene ring substituents is 1. The van der Waals surface area contributed by atoms with E-state index in [9.17, 15) is 25.0 Å². The number of nitrogens with zero attached hydrogens (tertiary/aromatic N) is 3. The minimum atomic E-state index is -0.464. The number of thioether (sulfide) groups is 1. The molecule has 1 saturated heterocycles. The van der Waals surface area contributed by atoms with Crippen molar-refractivity contribution in [2.45, 2.75) is 19.6 Å². The molecule has 0 radical (unpaired) electrons. The van der Waals surface area contributed by atoms with Gasteiger partial charge in [-0.3, -0.25) is 24.6 Å². The maximum Gasteiger partial charge on any atom is 0.293 e. The number of nitriles is 1. The minimum absolute atomic E-state index is 0.00615. The van der Waals surface area contributed by atoms with Crippen LogP contribution in [-0.4, -0.2) is 28.1 Å². The number of amides is 2. The van der Waals surface area contributed by atoms with Gasteiger partial charge in [0.05, 0.1) is 35.1 Å². The predicted octanol–water partition coefficient (Wildman–Crippen LogP) is 6.02. The Morgan fingerprint density at radius 2 is 1.87 bits per heavy atom. The molecule has 3 aromatic rings. The van der Waals surface area contributed by atoms with Gasteiger partial charge in [0.1, 0.15) is 6.61 Å². The van der Waals surface area contributed by atoms with Crippen molar-refractivity contribution in [3.8, 4) is 17.6 Å². The van der Waals surface area contributed by atoms with Crippen LogP contribution in [0.15, 0.2) is 78.2 Å². The van der Waals surface area contributed by atoms with E-state index in [1.165, 1.54) is 19.2 Å². The smallest absolute Gasteiger partial charge is 0.293 e. The molecule has 0 spiro atoms. The summed E-state index contributed by atoms with van der Waals surface area (Å²) in [5.41, 5.74) is 3.11. The van der Waals surface area contributed by atoms with Crippen molar-refractivity contribution >= 4 is 34.7 Å². The van der Waals surface area contributed by atoms with Gasteiger partial charge in [0.15, 0.2) is 11.5 Å². The Labute approximate surface area is 229 Å². The molecule has 0 unspecified atom stereocenters. The standard InChI is InChI=1S/C29H23N3O6S/c1-3-6-21-13-20(14-25(37-2)27(21)38-18-19-9-11-24(12-10-19)32(35)36)15-26-28(33)31(29(34)39-26)17-23-8-5-4-7-22(23)16-30/h3-5,7-15H,1,6,17-18H2,2H3/b26-15+. The molecule has 1 aliphatic rings. The summed E-state index contributed by atoms with van der Waals surface area (Å²) in [5.74, 6) is 0.458. The summed E-state index contributed by atoms with van der Waals surface area (Å²) in [7, 11) is 1.50. The zero-order chi connectivity index (χ0) is 27.9. The van der Waals surface area contributed by atoms with E-state index in [1.807, 2.05) is 6.07 Å². The fourth-order valence-electron chi connectivity index (χ4n) is 3.98. The Kier molecular flexibility index (Phi) is 8.43. The second-order valence-corrected chi connectivity index (χ2v) is 9.45. The molecular formula is C29H23N3O6S. The number of carbonyl (C=O) groups excluding carboxylic acids is 2. The summed E-state index contributed by atoms with van der Waals surface area (Å²) in [5, 5.41) is 19.8. The van der Waals surface area contributed by atoms with Crippen LogP contribution in [0.3, 0.4) is 0 Å². The van der Waals surface area contributed by atoms with Crippen LogP contribution >= 0.6 is 11.8 Å². The third-order valence-electron chi connectivity index (χ3n) is 5.91. The maximum atomic E-state index is 13.1. The van der Waals surface area contributed by atoms with Crippen LogP contribution < -0.4 is 9.47 Å². The molecule has 3 aromatic carbocycles. The van der Waals surface area contributed by atoms with E-state index in [1.54, 1.807) is 54.6 Å². The molecule has 1 fully saturated rings. The number of hydrogen-bond acceptors (Lipinski definition) is 8. The first-order valence-corrected chi connectivity index (χ1v) is 12.6. The lowest BCUT2D eigenvalue weighted by Gasteiger charge is -2.16. The highest BCUT2D eigenvalue weighted by Crippen LogP contribution is 2.38. The molecule has 4 rings (SSSR count). The van der Waals surface area contributed by atoms with E-state index in [0.717, 1.165) is 27.8 Å². The Morgan fingerprint density at radius 1 is 1.13 bits per heavy atom. The molecule has 196 valence electrons. The van der Waals surface area contributed by atoms with Gasteiger partial charge in [0.25, 0.3) is 16.8 Å². The van der Waals surface area contributed by atoms with Crippen LogP contribution in [0.25, 0.3) is 6.08 Å². The second kappa shape index (κ2) is 12.1.